The van der Waals surface area contributed by atoms with Gasteiger partial charge in [-0.1, -0.05) is 35.4 Å². The summed E-state index contributed by atoms with van der Waals surface area (Å²) in [5.41, 5.74) is 3.56. The molecule has 2 fully saturated rings. The number of nitrogens with zero attached hydrogens (tertiary/aromatic N) is 1. The van der Waals surface area contributed by atoms with Gasteiger partial charge in [-0.3, -0.25) is 14.4 Å². The van der Waals surface area contributed by atoms with Crippen molar-refractivity contribution in [3.8, 4) is 0 Å². The molecule has 5 rings (SSSR count). The summed E-state index contributed by atoms with van der Waals surface area (Å²) in [4.78, 5) is 40.3. The van der Waals surface area contributed by atoms with Gasteiger partial charge >= 0.3 is 0 Å². The zero-order valence-electron chi connectivity index (χ0n) is 16.7. The Labute approximate surface area is 179 Å². The third-order valence-electron chi connectivity index (χ3n) is 6.70. The molecular weight excluding hydrogens is 400 g/mol. The summed E-state index contributed by atoms with van der Waals surface area (Å²) >= 11 is 6.04. The van der Waals surface area contributed by atoms with E-state index in [1.165, 1.54) is 10.5 Å². The molecule has 2 aliphatic carbocycles. The fourth-order valence-electron chi connectivity index (χ4n) is 5.24. The van der Waals surface area contributed by atoms with Gasteiger partial charge in [-0.2, -0.15) is 0 Å². The third kappa shape index (κ3) is 2.80. The van der Waals surface area contributed by atoms with Crippen molar-refractivity contribution >= 4 is 40.7 Å². The Bertz CT molecular complexity index is 1140. The molecule has 0 radical (unpaired) electrons. The Morgan fingerprint density at radius 3 is 2.63 bits per heavy atom. The van der Waals surface area contributed by atoms with Gasteiger partial charge in [-0.25, -0.2) is 4.90 Å². The fraction of sp³-hybridized carbons (Fsp3) is 0.292. The topological polar surface area (TPSA) is 66.5 Å². The van der Waals surface area contributed by atoms with Crippen molar-refractivity contribution in [2.24, 2.45) is 23.7 Å². The normalized spacial score (nSPS) is 26.8. The van der Waals surface area contributed by atoms with Gasteiger partial charge in [-0.15, -0.1) is 0 Å². The zero-order chi connectivity index (χ0) is 21.2. The number of carbonyl (C=O) groups is 3. The number of rotatable bonds is 3. The van der Waals surface area contributed by atoms with Gasteiger partial charge in [0.25, 0.3) is 5.91 Å². The summed E-state index contributed by atoms with van der Waals surface area (Å²) in [5.74, 6) is -0.828. The quantitative estimate of drug-likeness (QED) is 0.582. The van der Waals surface area contributed by atoms with Gasteiger partial charge in [0, 0.05) is 16.3 Å². The average molecular weight is 421 g/mol. The number of imide groups is 1. The molecule has 1 heterocycles. The largest absolute Gasteiger partial charge is 0.322 e. The summed E-state index contributed by atoms with van der Waals surface area (Å²) in [5, 5.41) is 3.39. The Morgan fingerprint density at radius 2 is 1.83 bits per heavy atom. The number of benzene rings is 2. The van der Waals surface area contributed by atoms with Crippen molar-refractivity contribution < 1.29 is 14.4 Å². The second-order valence-corrected chi connectivity index (χ2v) is 8.88. The van der Waals surface area contributed by atoms with E-state index in [4.69, 9.17) is 11.6 Å². The summed E-state index contributed by atoms with van der Waals surface area (Å²) in [6.45, 7) is 3.93. The number of hydrogen-bond donors (Lipinski definition) is 1. The summed E-state index contributed by atoms with van der Waals surface area (Å²) in [7, 11) is 0. The Hall–Kier alpha value is -2.92. The number of halogens is 1. The van der Waals surface area contributed by atoms with Crippen LogP contribution in [0, 0.1) is 30.6 Å². The van der Waals surface area contributed by atoms with Crippen molar-refractivity contribution in [2.75, 3.05) is 10.2 Å². The highest BCUT2D eigenvalue weighted by Gasteiger charge is 2.60. The minimum atomic E-state index is -0.320. The summed E-state index contributed by atoms with van der Waals surface area (Å²) in [6, 6.07) is 12.0. The molecule has 0 spiro atoms. The first-order valence-corrected chi connectivity index (χ1v) is 10.5. The molecular formula is C24H21ClN2O3. The molecule has 1 aliphatic heterocycles. The lowest BCUT2D eigenvalue weighted by Gasteiger charge is -2.19. The summed E-state index contributed by atoms with van der Waals surface area (Å²) < 4.78 is 0. The maximum absolute atomic E-state index is 13.2. The molecule has 2 aromatic rings. The van der Waals surface area contributed by atoms with E-state index in [1.54, 1.807) is 36.4 Å². The number of nitrogens with one attached hydrogen (secondary N) is 1. The van der Waals surface area contributed by atoms with Crippen molar-refractivity contribution in [1.82, 2.24) is 0 Å². The van der Waals surface area contributed by atoms with E-state index in [0.29, 0.717) is 22.0 Å². The number of aryl methyl sites for hydroxylation is 1. The maximum Gasteiger partial charge on any atom is 0.255 e. The van der Waals surface area contributed by atoms with Crippen molar-refractivity contribution in [3.63, 3.8) is 0 Å². The first-order valence-electron chi connectivity index (χ1n) is 10.1. The Balaban J connectivity index is 1.42. The lowest BCUT2D eigenvalue weighted by Crippen LogP contribution is -2.33. The second-order valence-electron chi connectivity index (χ2n) is 8.44. The molecule has 5 nitrogen and oxygen atoms in total. The molecule has 2 bridgehead atoms. The predicted molar refractivity (Wildman–Crippen MR) is 115 cm³/mol. The highest BCUT2D eigenvalue weighted by Crippen LogP contribution is 2.55. The first-order chi connectivity index (χ1) is 14.3. The van der Waals surface area contributed by atoms with E-state index in [1.807, 2.05) is 19.9 Å². The van der Waals surface area contributed by atoms with Crippen LogP contribution in [-0.2, 0) is 9.59 Å². The standard InChI is InChI=1S/C24H21ClN2O3/c1-12-6-7-16(25)11-19(12)26-22(28)14-4-3-5-17(9-14)27-23(29)20-15-8-13(2)18(10-15)21(20)24(27)30/h3-9,11,15,18,20-21H,10H2,1-2H3,(H,26,28)/t15-,18-,20-,21+/m1/s1. The molecule has 1 saturated carbocycles. The highest BCUT2D eigenvalue weighted by molar-refractivity contribution is 6.31. The fourth-order valence-corrected chi connectivity index (χ4v) is 5.41. The minimum Gasteiger partial charge on any atom is -0.322 e. The van der Waals surface area contributed by atoms with E-state index in [0.717, 1.165) is 12.0 Å². The van der Waals surface area contributed by atoms with Crippen LogP contribution in [0.2, 0.25) is 5.02 Å². The number of carbonyl (C=O) groups excluding carboxylic acids is 3. The van der Waals surface area contributed by atoms with E-state index < -0.39 is 0 Å². The molecule has 4 atom stereocenters. The molecule has 1 N–H and O–H groups in total. The molecule has 2 aromatic carbocycles. The molecule has 0 unspecified atom stereocenters. The van der Waals surface area contributed by atoms with Gasteiger partial charge < -0.3 is 5.32 Å². The minimum absolute atomic E-state index is 0.145. The van der Waals surface area contributed by atoms with Crippen molar-refractivity contribution in [1.29, 1.82) is 0 Å². The Morgan fingerprint density at radius 1 is 1.07 bits per heavy atom. The predicted octanol–water partition coefficient (Wildman–Crippen LogP) is 4.60. The van der Waals surface area contributed by atoms with Crippen molar-refractivity contribution in [3.05, 3.63) is 70.3 Å². The van der Waals surface area contributed by atoms with E-state index >= 15 is 0 Å². The van der Waals surface area contributed by atoms with Gasteiger partial charge in [0.1, 0.15) is 0 Å². The van der Waals surface area contributed by atoms with Crippen LogP contribution in [0.5, 0.6) is 0 Å². The van der Waals surface area contributed by atoms with Crippen LogP contribution in [-0.4, -0.2) is 17.7 Å². The number of hydrogen-bond acceptors (Lipinski definition) is 3. The van der Waals surface area contributed by atoms with Crippen LogP contribution in [0.4, 0.5) is 11.4 Å². The number of fused-ring (bicyclic) bond motifs is 5. The van der Waals surface area contributed by atoms with Gasteiger partial charge in [-0.05, 0) is 68.0 Å². The van der Waals surface area contributed by atoms with Gasteiger partial charge in [0.15, 0.2) is 0 Å². The molecule has 1 saturated heterocycles. The van der Waals surface area contributed by atoms with E-state index in [-0.39, 0.29) is 41.4 Å². The second kappa shape index (κ2) is 6.81. The SMILES string of the molecule is CC1=C[C@@H]2C[C@H]1[C@@H]1C(=O)N(c3cccc(C(=O)Nc4cc(Cl)ccc4C)c3)C(=O)[C@@H]12. The van der Waals surface area contributed by atoms with Crippen LogP contribution in [0.25, 0.3) is 0 Å². The molecule has 0 aromatic heterocycles. The summed E-state index contributed by atoms with van der Waals surface area (Å²) in [6.07, 6.45) is 3.05. The molecule has 6 heteroatoms. The maximum atomic E-state index is 13.2. The van der Waals surface area contributed by atoms with Crippen LogP contribution >= 0.6 is 11.6 Å². The lowest BCUT2D eigenvalue weighted by atomic mass is 9.82. The first kappa shape index (κ1) is 19.1. The number of allylic oxidation sites excluding steroid dienone is 2. The third-order valence-corrected chi connectivity index (χ3v) is 6.93. The molecule has 3 amide bonds. The highest BCUT2D eigenvalue weighted by atomic mass is 35.5. The smallest absolute Gasteiger partial charge is 0.255 e. The Kier molecular flexibility index (Phi) is 4.33. The van der Waals surface area contributed by atoms with Crippen LogP contribution in [0.1, 0.15) is 29.3 Å². The van der Waals surface area contributed by atoms with Crippen LogP contribution in [0.15, 0.2) is 54.1 Å². The van der Waals surface area contributed by atoms with Gasteiger partial charge in [0.05, 0.1) is 17.5 Å². The van der Waals surface area contributed by atoms with Crippen LogP contribution in [0.3, 0.4) is 0 Å². The average Bonchev–Trinajstić information content (AvgIpc) is 3.35. The monoisotopic (exact) mass is 420 g/mol. The van der Waals surface area contributed by atoms with Gasteiger partial charge in [0.2, 0.25) is 11.8 Å². The number of amides is 3. The molecule has 152 valence electrons. The van der Waals surface area contributed by atoms with Crippen molar-refractivity contribution in [2.45, 2.75) is 20.3 Å². The zero-order valence-corrected chi connectivity index (χ0v) is 17.4. The van der Waals surface area contributed by atoms with E-state index in [9.17, 15) is 14.4 Å². The van der Waals surface area contributed by atoms with Crippen LogP contribution < -0.4 is 10.2 Å². The molecule has 3 aliphatic rings. The number of anilines is 2. The van der Waals surface area contributed by atoms with E-state index in [2.05, 4.69) is 11.4 Å². The molecule has 30 heavy (non-hydrogen) atoms. The lowest BCUT2D eigenvalue weighted by molar-refractivity contribution is -0.123.